The van der Waals surface area contributed by atoms with E-state index in [2.05, 4.69) is 43.5 Å². The van der Waals surface area contributed by atoms with E-state index >= 15 is 0 Å². The summed E-state index contributed by atoms with van der Waals surface area (Å²) in [5.74, 6) is -0.0779. The molecule has 0 bridgehead atoms. The second-order valence-electron chi connectivity index (χ2n) is 14.8. The summed E-state index contributed by atoms with van der Waals surface area (Å²) in [5.41, 5.74) is 0. The molecule has 0 aliphatic heterocycles. The number of amides is 1. The van der Waals surface area contributed by atoms with Gasteiger partial charge in [0.1, 0.15) is 0 Å². The van der Waals surface area contributed by atoms with E-state index in [1.54, 1.807) is 6.08 Å². The number of rotatable bonds is 39. The number of nitrogens with one attached hydrogen (secondary N) is 1. The average Bonchev–Trinajstić information content (AvgIpc) is 3.10. The Bertz CT molecular complexity index is 746. The van der Waals surface area contributed by atoms with Crippen LogP contribution in [-0.2, 0) is 4.79 Å². The minimum absolute atomic E-state index is 0.0779. The van der Waals surface area contributed by atoms with Crippen LogP contribution >= 0.6 is 0 Å². The number of aliphatic hydroxyl groups excluding tert-OH is 2. The zero-order chi connectivity index (χ0) is 35.7. The molecule has 0 saturated carbocycles. The molecular formula is C45H85NO3. The van der Waals surface area contributed by atoms with Crippen LogP contribution in [0.15, 0.2) is 36.5 Å². The van der Waals surface area contributed by atoms with Crippen LogP contribution in [0.4, 0.5) is 0 Å². The number of unbranched alkanes of at least 4 members (excludes halogenated alkanes) is 28. The first-order chi connectivity index (χ1) is 24.2. The van der Waals surface area contributed by atoms with Crippen molar-refractivity contribution >= 4 is 5.91 Å². The number of carbonyl (C=O) groups is 1. The molecule has 0 rings (SSSR count). The van der Waals surface area contributed by atoms with Crippen LogP contribution in [0.3, 0.4) is 0 Å². The largest absolute Gasteiger partial charge is 0.394 e. The van der Waals surface area contributed by atoms with Crippen LogP contribution in [0.5, 0.6) is 0 Å². The molecule has 0 aromatic rings. The van der Waals surface area contributed by atoms with E-state index in [4.69, 9.17) is 0 Å². The fourth-order valence-corrected chi connectivity index (χ4v) is 6.48. The summed E-state index contributed by atoms with van der Waals surface area (Å²) in [5, 5.41) is 23.0. The highest BCUT2D eigenvalue weighted by Crippen LogP contribution is 2.14. The molecule has 0 fully saturated rings. The van der Waals surface area contributed by atoms with Gasteiger partial charge in [-0.1, -0.05) is 198 Å². The molecule has 288 valence electrons. The first kappa shape index (κ1) is 47.6. The fraction of sp³-hybridized carbons (Fsp3) is 0.844. The van der Waals surface area contributed by atoms with E-state index in [-0.39, 0.29) is 12.5 Å². The Hall–Kier alpha value is -1.39. The number of hydrogen-bond acceptors (Lipinski definition) is 3. The van der Waals surface area contributed by atoms with Crippen LogP contribution in [-0.4, -0.2) is 34.9 Å². The second kappa shape index (κ2) is 41.0. The molecule has 0 aromatic heterocycles. The molecule has 4 heteroatoms. The van der Waals surface area contributed by atoms with E-state index in [1.165, 1.54) is 173 Å². The number of aliphatic hydroxyl groups is 2. The number of hydrogen-bond donors (Lipinski definition) is 3. The van der Waals surface area contributed by atoms with Gasteiger partial charge in [0, 0.05) is 6.42 Å². The third-order valence-electron chi connectivity index (χ3n) is 9.85. The lowest BCUT2D eigenvalue weighted by Gasteiger charge is -2.19. The summed E-state index contributed by atoms with van der Waals surface area (Å²) in [6.07, 6.45) is 53.9. The van der Waals surface area contributed by atoms with Crippen molar-refractivity contribution in [1.29, 1.82) is 0 Å². The maximum Gasteiger partial charge on any atom is 0.220 e. The van der Waals surface area contributed by atoms with Crippen LogP contribution < -0.4 is 5.32 Å². The molecule has 0 aromatic carbocycles. The lowest BCUT2D eigenvalue weighted by Crippen LogP contribution is -2.45. The van der Waals surface area contributed by atoms with Gasteiger partial charge in [-0.05, 0) is 57.8 Å². The molecule has 0 aliphatic carbocycles. The van der Waals surface area contributed by atoms with Crippen LogP contribution in [0.1, 0.15) is 226 Å². The van der Waals surface area contributed by atoms with Crippen LogP contribution in [0, 0.1) is 0 Å². The lowest BCUT2D eigenvalue weighted by molar-refractivity contribution is -0.123. The maximum absolute atomic E-state index is 12.4. The topological polar surface area (TPSA) is 69.6 Å². The maximum atomic E-state index is 12.4. The van der Waals surface area contributed by atoms with Gasteiger partial charge >= 0.3 is 0 Å². The molecule has 0 saturated heterocycles. The Labute approximate surface area is 306 Å². The first-order valence-corrected chi connectivity index (χ1v) is 21.7. The van der Waals surface area contributed by atoms with Gasteiger partial charge in [-0.25, -0.2) is 0 Å². The highest BCUT2D eigenvalue weighted by atomic mass is 16.3. The quantitative estimate of drug-likeness (QED) is 0.0445. The summed E-state index contributed by atoms with van der Waals surface area (Å²) >= 11 is 0. The lowest BCUT2D eigenvalue weighted by atomic mass is 10.0. The Morgan fingerprint density at radius 3 is 1.18 bits per heavy atom. The smallest absolute Gasteiger partial charge is 0.220 e. The zero-order valence-electron chi connectivity index (χ0n) is 33.0. The van der Waals surface area contributed by atoms with Crippen LogP contribution in [0.2, 0.25) is 0 Å². The molecule has 2 unspecified atom stereocenters. The van der Waals surface area contributed by atoms with Crippen molar-refractivity contribution in [3.8, 4) is 0 Å². The van der Waals surface area contributed by atoms with Crippen molar-refractivity contribution in [3.05, 3.63) is 36.5 Å². The summed E-state index contributed by atoms with van der Waals surface area (Å²) < 4.78 is 0. The normalized spacial score (nSPS) is 13.3. The number of carbonyl (C=O) groups excluding carboxylic acids is 1. The predicted molar refractivity (Wildman–Crippen MR) is 216 cm³/mol. The SMILES string of the molecule is CCCCCCCCCCC/C=C/CC/C=C/C(O)C(CO)NC(=O)CCCCCCCCC/C=C\CCCCCCCCCCCCC. The summed E-state index contributed by atoms with van der Waals surface area (Å²) in [6, 6.07) is -0.639. The Morgan fingerprint density at radius 1 is 0.469 bits per heavy atom. The van der Waals surface area contributed by atoms with Gasteiger partial charge in [-0.3, -0.25) is 4.79 Å². The highest BCUT2D eigenvalue weighted by Gasteiger charge is 2.17. The predicted octanol–water partition coefficient (Wildman–Crippen LogP) is 13.4. The zero-order valence-corrected chi connectivity index (χ0v) is 33.0. The van der Waals surface area contributed by atoms with Crippen molar-refractivity contribution in [2.75, 3.05) is 6.61 Å². The monoisotopic (exact) mass is 688 g/mol. The van der Waals surface area contributed by atoms with Crippen molar-refractivity contribution in [2.24, 2.45) is 0 Å². The molecule has 49 heavy (non-hydrogen) atoms. The standard InChI is InChI=1S/C45H85NO3/c1-3-5-7-9-11-13-15-17-19-20-21-22-23-24-25-27-29-31-33-35-37-39-41-45(49)46-43(42-47)44(48)40-38-36-34-32-30-28-26-18-16-14-12-10-8-6-4-2/h23-24,30,32,38,40,43-44,47-48H,3-22,25-29,31,33-37,39,41-42H2,1-2H3,(H,46,49)/b24-23-,32-30+,40-38+. The van der Waals surface area contributed by atoms with E-state index in [1.807, 2.05) is 6.08 Å². The highest BCUT2D eigenvalue weighted by molar-refractivity contribution is 5.76. The fourth-order valence-electron chi connectivity index (χ4n) is 6.48. The van der Waals surface area contributed by atoms with E-state index in [0.717, 1.165) is 32.1 Å². The third-order valence-corrected chi connectivity index (χ3v) is 9.85. The molecule has 0 aliphatic rings. The van der Waals surface area contributed by atoms with Gasteiger partial charge in [0.05, 0.1) is 18.8 Å². The van der Waals surface area contributed by atoms with Gasteiger partial charge < -0.3 is 15.5 Å². The van der Waals surface area contributed by atoms with Crippen LogP contribution in [0.25, 0.3) is 0 Å². The van der Waals surface area contributed by atoms with Gasteiger partial charge in [0.2, 0.25) is 5.91 Å². The molecule has 0 heterocycles. The summed E-state index contributed by atoms with van der Waals surface area (Å²) in [6.45, 7) is 4.30. The minimum Gasteiger partial charge on any atom is -0.394 e. The first-order valence-electron chi connectivity index (χ1n) is 21.7. The average molecular weight is 688 g/mol. The van der Waals surface area contributed by atoms with Crippen molar-refractivity contribution < 1.29 is 15.0 Å². The van der Waals surface area contributed by atoms with Crippen molar-refractivity contribution in [2.45, 2.75) is 238 Å². The molecule has 3 N–H and O–H groups in total. The molecule has 0 spiro atoms. The Morgan fingerprint density at radius 2 is 0.796 bits per heavy atom. The molecule has 1 amide bonds. The van der Waals surface area contributed by atoms with E-state index < -0.39 is 12.1 Å². The minimum atomic E-state index is -0.862. The van der Waals surface area contributed by atoms with E-state index in [0.29, 0.717) is 6.42 Å². The van der Waals surface area contributed by atoms with Crippen molar-refractivity contribution in [3.63, 3.8) is 0 Å². The third kappa shape index (κ3) is 37.7. The molecule has 4 nitrogen and oxygen atoms in total. The Kier molecular flexibility index (Phi) is 39.9. The second-order valence-corrected chi connectivity index (χ2v) is 14.8. The van der Waals surface area contributed by atoms with Gasteiger partial charge in [0.25, 0.3) is 0 Å². The molecular weight excluding hydrogens is 602 g/mol. The van der Waals surface area contributed by atoms with Gasteiger partial charge in [-0.2, -0.15) is 0 Å². The summed E-state index contributed by atoms with van der Waals surface area (Å²) in [4.78, 5) is 12.4. The number of allylic oxidation sites excluding steroid dienone is 5. The van der Waals surface area contributed by atoms with E-state index in [9.17, 15) is 15.0 Å². The molecule has 0 radical (unpaired) electrons. The Balaban J connectivity index is 3.59. The molecule has 2 atom stereocenters. The van der Waals surface area contributed by atoms with Crippen molar-refractivity contribution in [1.82, 2.24) is 5.32 Å². The summed E-state index contributed by atoms with van der Waals surface area (Å²) in [7, 11) is 0. The van der Waals surface area contributed by atoms with Gasteiger partial charge in [-0.15, -0.1) is 0 Å². The van der Waals surface area contributed by atoms with Gasteiger partial charge in [0.15, 0.2) is 0 Å².